The molecule has 0 radical (unpaired) electrons. The van der Waals surface area contributed by atoms with Crippen molar-refractivity contribution in [3.05, 3.63) is 60.4 Å². The van der Waals surface area contributed by atoms with E-state index in [1.54, 1.807) is 6.20 Å². The molecular weight excluding hydrogens is 398 g/mol. The molecule has 1 aromatic carbocycles. The van der Waals surface area contributed by atoms with Gasteiger partial charge in [0.1, 0.15) is 5.25 Å². The first-order valence-electron chi connectivity index (χ1n) is 10.2. The van der Waals surface area contributed by atoms with E-state index < -0.39 is 0 Å². The molecule has 2 aromatic heterocycles. The van der Waals surface area contributed by atoms with Gasteiger partial charge in [-0.2, -0.15) is 0 Å². The first kappa shape index (κ1) is 19.3. The highest BCUT2D eigenvalue weighted by Crippen LogP contribution is 2.44. The van der Waals surface area contributed by atoms with Gasteiger partial charge in [0.25, 0.3) is 0 Å². The molecule has 5 rings (SSSR count). The third-order valence-electron chi connectivity index (χ3n) is 5.37. The lowest BCUT2D eigenvalue weighted by molar-refractivity contribution is -0.134. The lowest BCUT2D eigenvalue weighted by Crippen LogP contribution is -2.42. The standard InChI is InChI=1S/C22H23N5O2S/c28-21(26-11-13-29-14-12-26)19(16-5-2-1-3-6-16)30-22-25-24-20(27(22)18-8-9-18)17-7-4-10-23-15-17/h1-7,10,15,18-19H,8-9,11-14H2. The third kappa shape index (κ3) is 3.97. The van der Waals surface area contributed by atoms with E-state index in [1.165, 1.54) is 11.8 Å². The second-order valence-electron chi connectivity index (χ2n) is 7.50. The van der Waals surface area contributed by atoms with Crippen molar-refractivity contribution < 1.29 is 9.53 Å². The number of nitrogens with zero attached hydrogens (tertiary/aromatic N) is 5. The number of carbonyl (C=O) groups excluding carboxylic acids is 1. The van der Waals surface area contributed by atoms with E-state index in [9.17, 15) is 4.79 Å². The maximum absolute atomic E-state index is 13.5. The predicted molar refractivity (Wildman–Crippen MR) is 114 cm³/mol. The number of hydrogen-bond donors (Lipinski definition) is 0. The number of amides is 1. The number of rotatable bonds is 6. The van der Waals surface area contributed by atoms with Crippen LogP contribution in [0.2, 0.25) is 0 Å². The average molecular weight is 422 g/mol. The summed E-state index contributed by atoms with van der Waals surface area (Å²) in [4.78, 5) is 19.6. The molecule has 0 bridgehead atoms. The van der Waals surface area contributed by atoms with E-state index in [0.717, 1.165) is 34.9 Å². The number of morpholine rings is 1. The van der Waals surface area contributed by atoms with Crippen LogP contribution >= 0.6 is 11.8 Å². The van der Waals surface area contributed by atoms with Crippen LogP contribution < -0.4 is 0 Å². The van der Waals surface area contributed by atoms with Crippen molar-refractivity contribution in [2.75, 3.05) is 26.3 Å². The molecule has 1 saturated carbocycles. The Morgan fingerprint density at radius 1 is 1.07 bits per heavy atom. The normalized spacial score (nSPS) is 17.7. The van der Waals surface area contributed by atoms with Gasteiger partial charge in [0.05, 0.1) is 13.2 Å². The molecule has 7 nitrogen and oxygen atoms in total. The summed E-state index contributed by atoms with van der Waals surface area (Å²) in [7, 11) is 0. The van der Waals surface area contributed by atoms with Crippen molar-refractivity contribution in [1.29, 1.82) is 0 Å². The van der Waals surface area contributed by atoms with Gasteiger partial charge in [-0.1, -0.05) is 42.1 Å². The smallest absolute Gasteiger partial charge is 0.240 e. The largest absolute Gasteiger partial charge is 0.378 e. The summed E-state index contributed by atoms with van der Waals surface area (Å²) in [5, 5.41) is 9.39. The molecule has 2 fully saturated rings. The lowest BCUT2D eigenvalue weighted by atomic mass is 10.1. The summed E-state index contributed by atoms with van der Waals surface area (Å²) >= 11 is 1.49. The Morgan fingerprint density at radius 2 is 1.87 bits per heavy atom. The molecule has 1 unspecified atom stereocenters. The van der Waals surface area contributed by atoms with E-state index >= 15 is 0 Å². The van der Waals surface area contributed by atoms with Crippen LogP contribution in [0.3, 0.4) is 0 Å². The van der Waals surface area contributed by atoms with Crippen LogP contribution in [0.25, 0.3) is 11.4 Å². The molecule has 8 heteroatoms. The van der Waals surface area contributed by atoms with Gasteiger partial charge in [-0.3, -0.25) is 14.3 Å². The quantitative estimate of drug-likeness (QED) is 0.568. The van der Waals surface area contributed by atoms with Crippen LogP contribution in [0.15, 0.2) is 60.0 Å². The van der Waals surface area contributed by atoms with Crippen molar-refractivity contribution in [3.8, 4) is 11.4 Å². The fourth-order valence-corrected chi connectivity index (χ4v) is 4.85. The molecule has 1 aliphatic carbocycles. The van der Waals surface area contributed by atoms with Gasteiger partial charge < -0.3 is 9.64 Å². The Labute approximate surface area is 179 Å². The number of hydrogen-bond acceptors (Lipinski definition) is 6. The first-order chi connectivity index (χ1) is 14.8. The maximum atomic E-state index is 13.5. The van der Waals surface area contributed by atoms with Crippen LogP contribution in [0.5, 0.6) is 0 Å². The number of aromatic nitrogens is 4. The Kier molecular flexibility index (Phi) is 5.50. The second kappa shape index (κ2) is 8.57. The van der Waals surface area contributed by atoms with Crippen LogP contribution in [0.4, 0.5) is 0 Å². The van der Waals surface area contributed by atoms with Crippen molar-refractivity contribution in [2.24, 2.45) is 0 Å². The zero-order chi connectivity index (χ0) is 20.3. The number of thioether (sulfide) groups is 1. The average Bonchev–Trinajstić information content (AvgIpc) is 3.58. The Morgan fingerprint density at radius 3 is 2.57 bits per heavy atom. The fourth-order valence-electron chi connectivity index (χ4n) is 3.65. The summed E-state index contributed by atoms with van der Waals surface area (Å²) in [6.45, 7) is 2.42. The Balaban J connectivity index is 1.49. The minimum absolute atomic E-state index is 0.0998. The molecule has 1 aliphatic heterocycles. The predicted octanol–water partition coefficient (Wildman–Crippen LogP) is 3.37. The number of carbonyl (C=O) groups is 1. The first-order valence-corrected chi connectivity index (χ1v) is 11.1. The van der Waals surface area contributed by atoms with Crippen molar-refractivity contribution in [1.82, 2.24) is 24.6 Å². The highest BCUT2D eigenvalue weighted by atomic mass is 32.2. The summed E-state index contributed by atoms with van der Waals surface area (Å²) in [5.74, 6) is 0.918. The lowest BCUT2D eigenvalue weighted by Gasteiger charge is -2.30. The minimum atomic E-state index is -0.368. The summed E-state index contributed by atoms with van der Waals surface area (Å²) in [6, 6.07) is 14.2. The highest BCUT2D eigenvalue weighted by Gasteiger charge is 2.34. The zero-order valence-electron chi connectivity index (χ0n) is 16.6. The van der Waals surface area contributed by atoms with Gasteiger partial charge in [-0.25, -0.2) is 0 Å². The Bertz CT molecular complexity index is 1000. The molecular formula is C22H23N5O2S. The number of pyridine rings is 1. The minimum Gasteiger partial charge on any atom is -0.378 e. The van der Waals surface area contributed by atoms with Crippen molar-refractivity contribution >= 4 is 17.7 Å². The van der Waals surface area contributed by atoms with Gasteiger partial charge in [-0.05, 0) is 30.5 Å². The van der Waals surface area contributed by atoms with Gasteiger partial charge in [-0.15, -0.1) is 10.2 Å². The molecule has 1 saturated heterocycles. The summed E-state index contributed by atoms with van der Waals surface area (Å²) < 4.78 is 7.62. The van der Waals surface area contributed by atoms with E-state index in [2.05, 4.69) is 19.7 Å². The molecule has 3 heterocycles. The van der Waals surface area contributed by atoms with Crippen LogP contribution in [0.1, 0.15) is 29.7 Å². The highest BCUT2D eigenvalue weighted by molar-refractivity contribution is 8.00. The number of benzene rings is 1. The molecule has 0 spiro atoms. The van der Waals surface area contributed by atoms with E-state index in [4.69, 9.17) is 4.74 Å². The van der Waals surface area contributed by atoms with Gasteiger partial charge in [0.15, 0.2) is 11.0 Å². The monoisotopic (exact) mass is 421 g/mol. The molecule has 0 N–H and O–H groups in total. The molecule has 3 aromatic rings. The number of ether oxygens (including phenoxy) is 1. The maximum Gasteiger partial charge on any atom is 0.240 e. The van der Waals surface area contributed by atoms with Crippen LogP contribution in [0, 0.1) is 0 Å². The summed E-state index contributed by atoms with van der Waals surface area (Å²) in [5.41, 5.74) is 1.92. The Hall–Kier alpha value is -2.71. The summed E-state index contributed by atoms with van der Waals surface area (Å²) in [6.07, 6.45) is 5.77. The molecule has 1 amide bonds. The topological polar surface area (TPSA) is 73.1 Å². The van der Waals surface area contributed by atoms with Crippen molar-refractivity contribution in [2.45, 2.75) is 29.3 Å². The van der Waals surface area contributed by atoms with Crippen LogP contribution in [-0.2, 0) is 9.53 Å². The molecule has 154 valence electrons. The zero-order valence-corrected chi connectivity index (χ0v) is 17.4. The SMILES string of the molecule is O=C(C(Sc1nnc(-c2cccnc2)n1C1CC1)c1ccccc1)N1CCOCC1. The molecule has 30 heavy (non-hydrogen) atoms. The van der Waals surface area contributed by atoms with E-state index in [0.29, 0.717) is 32.3 Å². The van der Waals surface area contributed by atoms with E-state index in [-0.39, 0.29) is 11.2 Å². The fraction of sp³-hybridized carbons (Fsp3) is 0.364. The van der Waals surface area contributed by atoms with Gasteiger partial charge in [0, 0.05) is 37.1 Å². The molecule has 1 atom stereocenters. The second-order valence-corrected chi connectivity index (χ2v) is 8.57. The van der Waals surface area contributed by atoms with Gasteiger partial charge >= 0.3 is 0 Å². The van der Waals surface area contributed by atoms with Gasteiger partial charge in [0.2, 0.25) is 5.91 Å². The molecule has 2 aliphatic rings. The van der Waals surface area contributed by atoms with E-state index in [1.807, 2.05) is 53.6 Å². The van der Waals surface area contributed by atoms with Crippen LogP contribution in [-0.4, -0.2) is 56.9 Å². The van der Waals surface area contributed by atoms with Crippen molar-refractivity contribution in [3.63, 3.8) is 0 Å². The third-order valence-corrected chi connectivity index (χ3v) is 6.57.